The van der Waals surface area contributed by atoms with Crippen LogP contribution in [0.1, 0.15) is 87.1 Å². The van der Waals surface area contributed by atoms with Crippen molar-refractivity contribution in [3.8, 4) is 5.75 Å². The molecule has 8 heteroatoms. The van der Waals surface area contributed by atoms with Crippen LogP contribution in [0.5, 0.6) is 5.75 Å². The Morgan fingerprint density at radius 3 is 2.72 bits per heavy atom. The SMILES string of the molecule is C[C@@H](COc1ccnc2c1[C@H](C)CCC2)C[C@H]1Cc2c(ccc(Cl)c2F)C12CCC(Nc1cccc(Cl)c1)(C(=O)O)CC2. The maximum atomic E-state index is 15.4. The molecule has 3 atom stereocenters. The maximum Gasteiger partial charge on any atom is 0.329 e. The molecule has 43 heavy (non-hydrogen) atoms. The molecule has 0 amide bonds. The van der Waals surface area contributed by atoms with Crippen molar-refractivity contribution in [1.29, 1.82) is 0 Å². The molecule has 2 aromatic carbocycles. The minimum atomic E-state index is -1.12. The average Bonchev–Trinajstić information content (AvgIpc) is 3.28. The van der Waals surface area contributed by atoms with Gasteiger partial charge >= 0.3 is 5.97 Å². The number of nitrogens with zero attached hydrogens (tertiary/aromatic N) is 1. The van der Waals surface area contributed by atoms with Crippen LogP contribution in [-0.4, -0.2) is 28.2 Å². The first-order valence-corrected chi connectivity index (χ1v) is 16.2. The second kappa shape index (κ2) is 11.9. The van der Waals surface area contributed by atoms with Crippen LogP contribution in [0.15, 0.2) is 48.7 Å². The highest BCUT2D eigenvalue weighted by atomic mass is 35.5. The Labute approximate surface area is 263 Å². The number of benzene rings is 2. The molecular weight excluding hydrogens is 586 g/mol. The summed E-state index contributed by atoms with van der Waals surface area (Å²) >= 11 is 12.4. The molecule has 0 bridgehead atoms. The van der Waals surface area contributed by atoms with Gasteiger partial charge in [0.1, 0.15) is 17.1 Å². The van der Waals surface area contributed by atoms with Crippen molar-refractivity contribution in [2.45, 2.75) is 88.5 Å². The highest BCUT2D eigenvalue weighted by Crippen LogP contribution is 2.57. The number of rotatable bonds is 8. The fraction of sp³-hybridized carbons (Fsp3) is 0.486. The van der Waals surface area contributed by atoms with Crippen LogP contribution in [0, 0.1) is 17.7 Å². The predicted molar refractivity (Wildman–Crippen MR) is 169 cm³/mol. The van der Waals surface area contributed by atoms with Crippen LogP contribution in [0.4, 0.5) is 10.1 Å². The van der Waals surface area contributed by atoms with Gasteiger partial charge in [0.25, 0.3) is 0 Å². The number of carboxylic acid groups (broad SMARTS) is 1. The normalized spacial score (nSPS) is 26.9. The molecule has 3 aliphatic rings. The second-order valence-electron chi connectivity index (χ2n) is 13.1. The number of fused-ring (bicyclic) bond motifs is 3. The molecule has 1 saturated carbocycles. The van der Waals surface area contributed by atoms with Gasteiger partial charge in [0.05, 0.1) is 11.6 Å². The summed E-state index contributed by atoms with van der Waals surface area (Å²) in [7, 11) is 0. The number of halogens is 3. The summed E-state index contributed by atoms with van der Waals surface area (Å²) in [5, 5.41) is 14.4. The zero-order chi connectivity index (χ0) is 30.4. The zero-order valence-corrected chi connectivity index (χ0v) is 26.3. The number of carbonyl (C=O) groups is 1. The maximum absolute atomic E-state index is 15.4. The van der Waals surface area contributed by atoms with Crippen molar-refractivity contribution >= 4 is 34.9 Å². The number of nitrogens with one attached hydrogen (secondary N) is 1. The average molecular weight is 626 g/mol. The van der Waals surface area contributed by atoms with Gasteiger partial charge in [0, 0.05) is 28.2 Å². The number of aliphatic carboxylic acids is 1. The lowest BCUT2D eigenvalue weighted by Crippen LogP contribution is -2.53. The summed E-state index contributed by atoms with van der Waals surface area (Å²) in [6.45, 7) is 5.00. The number of hydrogen-bond donors (Lipinski definition) is 2. The molecule has 0 radical (unpaired) electrons. The van der Waals surface area contributed by atoms with Crippen LogP contribution in [0.25, 0.3) is 0 Å². The summed E-state index contributed by atoms with van der Waals surface area (Å²) in [4.78, 5) is 17.3. The summed E-state index contributed by atoms with van der Waals surface area (Å²) in [6, 6.07) is 12.8. The molecule has 3 aromatic rings. The summed E-state index contributed by atoms with van der Waals surface area (Å²) in [5.74, 6) is 0.513. The molecule has 2 N–H and O–H groups in total. The smallest absolute Gasteiger partial charge is 0.329 e. The van der Waals surface area contributed by atoms with Gasteiger partial charge in [-0.05, 0) is 122 Å². The number of anilines is 1. The lowest BCUT2D eigenvalue weighted by Gasteiger charge is -2.47. The largest absolute Gasteiger partial charge is 0.493 e. The van der Waals surface area contributed by atoms with E-state index in [1.54, 1.807) is 18.2 Å². The molecule has 1 spiro atoms. The van der Waals surface area contributed by atoms with E-state index >= 15 is 4.39 Å². The molecule has 1 aromatic heterocycles. The summed E-state index contributed by atoms with van der Waals surface area (Å²) in [5.41, 5.74) is 3.31. The van der Waals surface area contributed by atoms with E-state index < -0.39 is 11.5 Å². The lowest BCUT2D eigenvalue weighted by atomic mass is 9.59. The summed E-state index contributed by atoms with van der Waals surface area (Å²) in [6.07, 6.45) is 8.68. The number of hydrogen-bond acceptors (Lipinski definition) is 4. The molecule has 1 heterocycles. The van der Waals surface area contributed by atoms with Crippen molar-refractivity contribution < 1.29 is 19.0 Å². The van der Waals surface area contributed by atoms with Crippen LogP contribution in [0.2, 0.25) is 10.0 Å². The highest BCUT2D eigenvalue weighted by Gasteiger charge is 2.54. The van der Waals surface area contributed by atoms with Crippen LogP contribution >= 0.6 is 23.2 Å². The fourth-order valence-electron chi connectivity index (χ4n) is 8.12. The summed E-state index contributed by atoms with van der Waals surface area (Å²) < 4.78 is 21.9. The Bertz CT molecular complexity index is 1520. The van der Waals surface area contributed by atoms with Crippen molar-refractivity contribution in [2.24, 2.45) is 11.8 Å². The Hall–Kier alpha value is -2.83. The third-order valence-electron chi connectivity index (χ3n) is 10.4. The minimum Gasteiger partial charge on any atom is -0.493 e. The topological polar surface area (TPSA) is 71.5 Å². The standard InChI is InChI=1S/C35H39Cl2FN2O3/c1-21(20-43-30-11-16-39-29-8-3-5-22(2)31(29)30)17-23-18-26-27(9-10-28(37)32(26)38)34(23)12-14-35(15-13-34,33(41)42)40-25-7-4-6-24(36)19-25/h4,6-7,9-11,16,19,21-23,40H,3,5,8,12-15,17-18,20H2,1-2H3,(H,41,42)/t21-,22-,23+,34?,35?/m1/s1. The Morgan fingerprint density at radius 1 is 1.19 bits per heavy atom. The van der Waals surface area contributed by atoms with Gasteiger partial charge in [0.15, 0.2) is 0 Å². The van der Waals surface area contributed by atoms with Gasteiger partial charge in [-0.25, -0.2) is 9.18 Å². The van der Waals surface area contributed by atoms with E-state index in [1.807, 2.05) is 30.5 Å². The van der Waals surface area contributed by atoms with E-state index in [9.17, 15) is 9.90 Å². The highest BCUT2D eigenvalue weighted by molar-refractivity contribution is 6.31. The van der Waals surface area contributed by atoms with E-state index in [0.717, 1.165) is 42.7 Å². The molecule has 228 valence electrons. The lowest BCUT2D eigenvalue weighted by molar-refractivity contribution is -0.144. The van der Waals surface area contributed by atoms with E-state index in [2.05, 4.69) is 24.1 Å². The molecule has 0 unspecified atom stereocenters. The van der Waals surface area contributed by atoms with E-state index in [0.29, 0.717) is 60.9 Å². The third kappa shape index (κ3) is 5.62. The van der Waals surface area contributed by atoms with Gasteiger partial charge in [-0.2, -0.15) is 0 Å². The van der Waals surface area contributed by atoms with Crippen molar-refractivity contribution in [1.82, 2.24) is 4.98 Å². The second-order valence-corrected chi connectivity index (χ2v) is 13.9. The number of carboxylic acids is 1. The number of pyridine rings is 1. The molecule has 3 aliphatic carbocycles. The predicted octanol–water partition coefficient (Wildman–Crippen LogP) is 8.99. The first-order valence-electron chi connectivity index (χ1n) is 15.5. The molecule has 0 aliphatic heterocycles. The van der Waals surface area contributed by atoms with E-state index in [-0.39, 0.29) is 28.1 Å². The first-order chi connectivity index (χ1) is 20.6. The fourth-order valence-corrected chi connectivity index (χ4v) is 8.49. The van der Waals surface area contributed by atoms with E-state index in [1.165, 1.54) is 5.56 Å². The molecule has 6 rings (SSSR count). The third-order valence-corrected chi connectivity index (χ3v) is 10.9. The van der Waals surface area contributed by atoms with E-state index in [4.69, 9.17) is 27.9 Å². The molecular formula is C35H39Cl2FN2O3. The van der Waals surface area contributed by atoms with Crippen LogP contribution in [0.3, 0.4) is 0 Å². The van der Waals surface area contributed by atoms with Crippen molar-refractivity contribution in [3.05, 3.63) is 86.9 Å². The van der Waals surface area contributed by atoms with Crippen LogP contribution in [-0.2, 0) is 23.1 Å². The van der Waals surface area contributed by atoms with Gasteiger partial charge < -0.3 is 15.2 Å². The monoisotopic (exact) mass is 624 g/mol. The van der Waals surface area contributed by atoms with Crippen LogP contribution < -0.4 is 10.1 Å². The minimum absolute atomic E-state index is 0.140. The molecule has 0 saturated heterocycles. The Morgan fingerprint density at radius 2 is 1.98 bits per heavy atom. The number of aryl methyl sites for hydroxylation is 1. The Kier molecular flexibility index (Phi) is 8.38. The van der Waals surface area contributed by atoms with Gasteiger partial charge in [-0.1, -0.05) is 49.2 Å². The number of ether oxygens (including phenoxy) is 1. The zero-order valence-electron chi connectivity index (χ0n) is 24.8. The first kappa shape index (κ1) is 30.2. The van der Waals surface area contributed by atoms with Gasteiger partial charge in [-0.3, -0.25) is 4.98 Å². The Balaban J connectivity index is 1.23. The molecule has 1 fully saturated rings. The quantitative estimate of drug-likeness (QED) is 0.262. The van der Waals surface area contributed by atoms with Crippen molar-refractivity contribution in [2.75, 3.05) is 11.9 Å². The molecule has 5 nitrogen and oxygen atoms in total. The number of aromatic nitrogens is 1. The van der Waals surface area contributed by atoms with Crippen molar-refractivity contribution in [3.63, 3.8) is 0 Å². The van der Waals surface area contributed by atoms with Gasteiger partial charge in [-0.15, -0.1) is 0 Å². The van der Waals surface area contributed by atoms with Gasteiger partial charge in [0.2, 0.25) is 0 Å².